The van der Waals surface area contributed by atoms with Crippen LogP contribution in [0.25, 0.3) is 0 Å². The van der Waals surface area contributed by atoms with Gasteiger partial charge in [-0.2, -0.15) is 0 Å². The summed E-state index contributed by atoms with van der Waals surface area (Å²) in [7, 11) is 0. The fourth-order valence-electron chi connectivity index (χ4n) is 3.57. The Bertz CT molecular complexity index is 908. The zero-order valence-electron chi connectivity index (χ0n) is 15.8. The van der Waals surface area contributed by atoms with Gasteiger partial charge >= 0.3 is 6.03 Å². The second-order valence-corrected chi connectivity index (χ2v) is 7.05. The van der Waals surface area contributed by atoms with E-state index in [4.69, 9.17) is 0 Å². The molecule has 0 radical (unpaired) electrons. The van der Waals surface area contributed by atoms with Gasteiger partial charge in [-0.25, -0.2) is 9.78 Å². The number of urea groups is 1. The van der Waals surface area contributed by atoms with Crippen LogP contribution in [-0.4, -0.2) is 29.1 Å². The van der Waals surface area contributed by atoms with Crippen molar-refractivity contribution < 1.29 is 4.79 Å². The molecule has 1 aliphatic heterocycles. The van der Waals surface area contributed by atoms with Gasteiger partial charge in [0, 0.05) is 30.7 Å². The van der Waals surface area contributed by atoms with Crippen LogP contribution in [0.5, 0.6) is 0 Å². The van der Waals surface area contributed by atoms with E-state index >= 15 is 0 Å². The summed E-state index contributed by atoms with van der Waals surface area (Å²) in [5, 5.41) is 5.89. The summed E-state index contributed by atoms with van der Waals surface area (Å²) in [5.74, 6) is 0. The summed E-state index contributed by atoms with van der Waals surface area (Å²) in [4.78, 5) is 21.8. The molecule has 3 N–H and O–H groups in total. The Morgan fingerprint density at radius 3 is 2.89 bits per heavy atom. The minimum Gasteiger partial charge on any atom is -0.365 e. The number of nitrogens with zero attached hydrogens (tertiary/aromatic N) is 2. The number of aromatic amines is 1. The molecule has 2 heterocycles. The maximum atomic E-state index is 12.2. The lowest BCUT2D eigenvalue weighted by Crippen LogP contribution is -2.29. The molecule has 0 fully saturated rings. The Morgan fingerprint density at radius 1 is 1.18 bits per heavy atom. The molecule has 0 aliphatic carbocycles. The number of fused-ring (bicyclic) bond motifs is 1. The maximum absolute atomic E-state index is 12.2. The molecule has 1 aliphatic rings. The van der Waals surface area contributed by atoms with Gasteiger partial charge in [0.05, 0.1) is 18.6 Å². The molecule has 2 aromatic carbocycles. The molecule has 0 saturated carbocycles. The average molecular weight is 375 g/mol. The Balaban J connectivity index is 1.28. The van der Waals surface area contributed by atoms with Crippen molar-refractivity contribution in [1.82, 2.24) is 15.3 Å². The summed E-state index contributed by atoms with van der Waals surface area (Å²) in [6, 6.07) is 16.3. The number of carbonyl (C=O) groups excluding carboxylic acids is 1. The van der Waals surface area contributed by atoms with Gasteiger partial charge in [-0.05, 0) is 42.5 Å². The van der Waals surface area contributed by atoms with E-state index in [0.29, 0.717) is 6.54 Å². The number of H-pyrrole nitrogens is 1. The first-order chi connectivity index (χ1) is 13.8. The van der Waals surface area contributed by atoms with Crippen LogP contribution in [0, 0.1) is 0 Å². The predicted molar refractivity (Wildman–Crippen MR) is 112 cm³/mol. The van der Waals surface area contributed by atoms with Crippen LogP contribution in [0.4, 0.5) is 16.2 Å². The van der Waals surface area contributed by atoms with Crippen molar-refractivity contribution in [2.75, 3.05) is 23.3 Å². The van der Waals surface area contributed by atoms with E-state index in [0.717, 1.165) is 43.7 Å². The van der Waals surface area contributed by atoms with Crippen molar-refractivity contribution in [2.24, 2.45) is 0 Å². The number of aromatic nitrogens is 2. The number of anilines is 2. The second-order valence-electron chi connectivity index (χ2n) is 7.05. The predicted octanol–water partition coefficient (Wildman–Crippen LogP) is 3.73. The fraction of sp³-hybridized carbons (Fsp3) is 0.273. The molecule has 144 valence electrons. The molecular formula is C22H25N5O. The molecule has 6 heteroatoms. The molecule has 0 bridgehead atoms. The summed E-state index contributed by atoms with van der Waals surface area (Å²) in [6.07, 6.45) is 6.52. The summed E-state index contributed by atoms with van der Waals surface area (Å²) in [5.41, 5.74) is 5.60. The number of rotatable bonds is 7. The minimum atomic E-state index is -0.162. The first-order valence-electron chi connectivity index (χ1n) is 9.72. The zero-order chi connectivity index (χ0) is 19.2. The molecule has 2 amide bonds. The highest BCUT2D eigenvalue weighted by Crippen LogP contribution is 2.31. The highest BCUT2D eigenvalue weighted by Gasteiger charge is 2.20. The number of nitrogens with one attached hydrogen (secondary N) is 3. The van der Waals surface area contributed by atoms with Crippen LogP contribution in [0.1, 0.15) is 23.2 Å². The van der Waals surface area contributed by atoms with E-state index in [-0.39, 0.29) is 6.03 Å². The summed E-state index contributed by atoms with van der Waals surface area (Å²) < 4.78 is 0. The lowest BCUT2D eigenvalue weighted by Gasteiger charge is -2.19. The van der Waals surface area contributed by atoms with Crippen LogP contribution in [0.3, 0.4) is 0 Å². The standard InChI is InChI=1S/C22H25N5O/c28-22(24-11-4-7-17-5-2-1-3-6-17)26-19-9-8-18-10-12-27(21(18)13-19)15-20-14-23-16-25-20/h1-3,5-6,8-9,13-14,16H,4,7,10-12,15H2,(H,23,25)(H2,24,26,28). The number of hydrogen-bond acceptors (Lipinski definition) is 3. The quantitative estimate of drug-likeness (QED) is 0.551. The van der Waals surface area contributed by atoms with Gasteiger partial charge in [0.1, 0.15) is 0 Å². The molecule has 0 spiro atoms. The van der Waals surface area contributed by atoms with E-state index in [1.165, 1.54) is 16.8 Å². The van der Waals surface area contributed by atoms with E-state index in [2.05, 4.69) is 49.8 Å². The topological polar surface area (TPSA) is 73.1 Å². The van der Waals surface area contributed by atoms with E-state index in [1.807, 2.05) is 30.5 Å². The van der Waals surface area contributed by atoms with Crippen molar-refractivity contribution in [3.8, 4) is 0 Å². The first-order valence-corrected chi connectivity index (χ1v) is 9.72. The molecule has 28 heavy (non-hydrogen) atoms. The molecule has 0 unspecified atom stereocenters. The molecule has 3 aromatic rings. The number of amides is 2. The fourth-order valence-corrected chi connectivity index (χ4v) is 3.57. The molecular weight excluding hydrogens is 350 g/mol. The molecule has 0 saturated heterocycles. The second kappa shape index (κ2) is 8.61. The Hall–Kier alpha value is -3.28. The van der Waals surface area contributed by atoms with Gasteiger partial charge in [-0.1, -0.05) is 36.4 Å². The third-order valence-electron chi connectivity index (χ3n) is 5.01. The van der Waals surface area contributed by atoms with Crippen molar-refractivity contribution in [1.29, 1.82) is 0 Å². The minimum absolute atomic E-state index is 0.162. The highest BCUT2D eigenvalue weighted by molar-refractivity contribution is 5.90. The maximum Gasteiger partial charge on any atom is 0.319 e. The smallest absolute Gasteiger partial charge is 0.319 e. The molecule has 0 atom stereocenters. The Kier molecular flexibility index (Phi) is 5.56. The van der Waals surface area contributed by atoms with Crippen LogP contribution in [0.2, 0.25) is 0 Å². The van der Waals surface area contributed by atoms with E-state index in [1.54, 1.807) is 6.33 Å². The van der Waals surface area contributed by atoms with Gasteiger partial charge in [-0.15, -0.1) is 0 Å². The van der Waals surface area contributed by atoms with Crippen LogP contribution in [0.15, 0.2) is 61.1 Å². The summed E-state index contributed by atoms with van der Waals surface area (Å²) in [6.45, 7) is 2.39. The number of hydrogen-bond donors (Lipinski definition) is 3. The molecule has 6 nitrogen and oxygen atoms in total. The largest absolute Gasteiger partial charge is 0.365 e. The average Bonchev–Trinajstić information content (AvgIpc) is 3.37. The van der Waals surface area contributed by atoms with Gasteiger partial charge in [0.15, 0.2) is 0 Å². The lowest BCUT2D eigenvalue weighted by atomic mass is 10.1. The van der Waals surface area contributed by atoms with Crippen LogP contribution in [-0.2, 0) is 19.4 Å². The third kappa shape index (κ3) is 4.52. The SMILES string of the molecule is O=C(NCCCc1ccccc1)Nc1ccc2c(c1)N(Cc1c[nH]cn1)CC2. The van der Waals surface area contributed by atoms with Crippen LogP contribution >= 0.6 is 0 Å². The van der Waals surface area contributed by atoms with Gasteiger partial charge in [0.2, 0.25) is 0 Å². The molecule has 1 aromatic heterocycles. The van der Waals surface area contributed by atoms with Gasteiger partial charge < -0.3 is 20.5 Å². The Labute approximate surface area is 165 Å². The van der Waals surface area contributed by atoms with Gasteiger partial charge in [-0.3, -0.25) is 0 Å². The monoisotopic (exact) mass is 375 g/mol. The number of aryl methyl sites for hydroxylation is 1. The number of carbonyl (C=O) groups is 1. The van der Waals surface area contributed by atoms with E-state index < -0.39 is 0 Å². The van der Waals surface area contributed by atoms with Crippen LogP contribution < -0.4 is 15.5 Å². The third-order valence-corrected chi connectivity index (χ3v) is 5.01. The van der Waals surface area contributed by atoms with Crippen molar-refractivity contribution >= 4 is 17.4 Å². The van der Waals surface area contributed by atoms with Crippen molar-refractivity contribution in [3.63, 3.8) is 0 Å². The number of benzene rings is 2. The lowest BCUT2D eigenvalue weighted by molar-refractivity contribution is 0.252. The zero-order valence-corrected chi connectivity index (χ0v) is 15.8. The van der Waals surface area contributed by atoms with Gasteiger partial charge in [0.25, 0.3) is 0 Å². The molecule has 4 rings (SSSR count). The van der Waals surface area contributed by atoms with Crippen molar-refractivity contribution in [3.05, 3.63) is 77.9 Å². The highest BCUT2D eigenvalue weighted by atomic mass is 16.2. The van der Waals surface area contributed by atoms with Crippen molar-refractivity contribution in [2.45, 2.75) is 25.8 Å². The van der Waals surface area contributed by atoms with E-state index in [9.17, 15) is 4.79 Å². The number of imidazole rings is 1. The normalized spacial score (nSPS) is 12.6. The first kappa shape index (κ1) is 18.1. The Morgan fingerprint density at radius 2 is 2.07 bits per heavy atom. The summed E-state index contributed by atoms with van der Waals surface area (Å²) >= 11 is 0.